The molecule has 0 aromatic carbocycles. The lowest BCUT2D eigenvalue weighted by molar-refractivity contribution is -0.128. The van der Waals surface area contributed by atoms with Crippen molar-refractivity contribution in [2.45, 2.75) is 69.7 Å². The SMILES string of the molecule is Cc1nc(CNC(=O)CC23C[C@H]4C[C@@H](CC(Br)(C4)C2)C3)oc1C. The number of carbonyl (C=O) groups excluding carboxylic acids is 1. The van der Waals surface area contributed by atoms with E-state index < -0.39 is 0 Å². The molecule has 4 fully saturated rings. The van der Waals surface area contributed by atoms with Gasteiger partial charge < -0.3 is 9.73 Å². The first-order valence-corrected chi connectivity index (χ1v) is 9.53. The normalized spacial score (nSPS) is 38.0. The van der Waals surface area contributed by atoms with Crippen molar-refractivity contribution < 1.29 is 9.21 Å². The van der Waals surface area contributed by atoms with E-state index in [9.17, 15) is 4.79 Å². The molecule has 4 bridgehead atoms. The van der Waals surface area contributed by atoms with Crippen LogP contribution in [0.3, 0.4) is 0 Å². The zero-order chi connectivity index (χ0) is 16.2. The molecular weight excluding hydrogens is 356 g/mol. The van der Waals surface area contributed by atoms with Crippen molar-refractivity contribution in [2.75, 3.05) is 0 Å². The summed E-state index contributed by atoms with van der Waals surface area (Å²) >= 11 is 4.01. The molecule has 4 saturated carbocycles. The Morgan fingerprint density at radius 1 is 1.30 bits per heavy atom. The van der Waals surface area contributed by atoms with E-state index in [4.69, 9.17) is 4.42 Å². The Bertz CT molecular complexity index is 605. The van der Waals surface area contributed by atoms with Gasteiger partial charge in [0.15, 0.2) is 0 Å². The first-order chi connectivity index (χ1) is 10.8. The van der Waals surface area contributed by atoms with Crippen molar-refractivity contribution >= 4 is 21.8 Å². The van der Waals surface area contributed by atoms with Crippen LogP contribution in [0.4, 0.5) is 0 Å². The summed E-state index contributed by atoms with van der Waals surface area (Å²) in [5.74, 6) is 3.23. The third kappa shape index (κ3) is 2.97. The number of aromatic nitrogens is 1. The van der Waals surface area contributed by atoms with Crippen molar-refractivity contribution in [1.29, 1.82) is 0 Å². The van der Waals surface area contributed by atoms with E-state index in [2.05, 4.69) is 26.2 Å². The molecule has 5 rings (SSSR count). The first kappa shape index (κ1) is 15.7. The number of amides is 1. The minimum Gasteiger partial charge on any atom is -0.444 e. The highest BCUT2D eigenvalue weighted by Gasteiger charge is 2.57. The Kier molecular flexibility index (Phi) is 3.63. The fraction of sp³-hybridized carbons (Fsp3) is 0.778. The Hall–Kier alpha value is -0.840. The van der Waals surface area contributed by atoms with Crippen LogP contribution >= 0.6 is 15.9 Å². The lowest BCUT2D eigenvalue weighted by atomic mass is 9.48. The summed E-state index contributed by atoms with van der Waals surface area (Å²) in [7, 11) is 0. The summed E-state index contributed by atoms with van der Waals surface area (Å²) in [6.45, 7) is 4.23. The molecule has 0 radical (unpaired) electrons. The molecule has 1 aromatic rings. The van der Waals surface area contributed by atoms with Crippen molar-refractivity contribution in [3.63, 3.8) is 0 Å². The minimum absolute atomic E-state index is 0.150. The predicted molar refractivity (Wildman–Crippen MR) is 91.2 cm³/mol. The maximum atomic E-state index is 12.5. The maximum absolute atomic E-state index is 12.5. The van der Waals surface area contributed by atoms with Gasteiger partial charge in [0.2, 0.25) is 11.8 Å². The van der Waals surface area contributed by atoms with Gasteiger partial charge in [-0.15, -0.1) is 0 Å². The lowest BCUT2D eigenvalue weighted by Gasteiger charge is -2.60. The highest BCUT2D eigenvalue weighted by atomic mass is 79.9. The van der Waals surface area contributed by atoms with E-state index in [0.717, 1.165) is 29.7 Å². The van der Waals surface area contributed by atoms with Crippen molar-refractivity contribution in [1.82, 2.24) is 10.3 Å². The van der Waals surface area contributed by atoms with E-state index in [0.29, 0.717) is 23.2 Å². The van der Waals surface area contributed by atoms with Crippen LogP contribution in [0.2, 0.25) is 0 Å². The second-order valence-corrected chi connectivity index (χ2v) is 10.00. The van der Waals surface area contributed by atoms with Crippen molar-refractivity contribution in [2.24, 2.45) is 17.3 Å². The molecule has 0 saturated heterocycles. The average Bonchev–Trinajstić information content (AvgIpc) is 2.72. The molecule has 4 aliphatic rings. The molecule has 4 nitrogen and oxygen atoms in total. The summed E-state index contributed by atoms with van der Waals surface area (Å²) in [6.07, 6.45) is 8.29. The van der Waals surface area contributed by atoms with Crippen LogP contribution in [0.25, 0.3) is 0 Å². The van der Waals surface area contributed by atoms with Crippen LogP contribution in [0, 0.1) is 31.1 Å². The Morgan fingerprint density at radius 2 is 2.00 bits per heavy atom. The molecule has 0 unspecified atom stereocenters. The van der Waals surface area contributed by atoms with Gasteiger partial charge in [-0.3, -0.25) is 4.79 Å². The van der Waals surface area contributed by atoms with Gasteiger partial charge in [0.05, 0.1) is 12.2 Å². The third-order valence-electron chi connectivity index (χ3n) is 6.16. The highest BCUT2D eigenvalue weighted by molar-refractivity contribution is 9.10. The Labute approximate surface area is 145 Å². The van der Waals surface area contributed by atoms with Gasteiger partial charge in [0, 0.05) is 10.7 Å². The van der Waals surface area contributed by atoms with Crippen LogP contribution < -0.4 is 5.32 Å². The topological polar surface area (TPSA) is 55.1 Å². The number of oxazole rings is 1. The molecule has 4 aliphatic carbocycles. The zero-order valence-electron chi connectivity index (χ0n) is 14.0. The fourth-order valence-corrected chi connectivity index (χ4v) is 7.25. The maximum Gasteiger partial charge on any atom is 0.220 e. The number of carbonyl (C=O) groups is 1. The number of aryl methyl sites for hydroxylation is 2. The molecule has 0 aliphatic heterocycles. The second kappa shape index (κ2) is 5.33. The molecule has 0 spiro atoms. The van der Waals surface area contributed by atoms with Crippen LogP contribution in [0.15, 0.2) is 4.42 Å². The largest absolute Gasteiger partial charge is 0.444 e. The van der Waals surface area contributed by atoms with Gasteiger partial charge in [-0.05, 0) is 69.6 Å². The summed E-state index contributed by atoms with van der Waals surface area (Å²) in [5.41, 5.74) is 1.12. The number of hydrogen-bond acceptors (Lipinski definition) is 3. The number of alkyl halides is 1. The van der Waals surface area contributed by atoms with Crippen molar-refractivity contribution in [3.05, 3.63) is 17.3 Å². The van der Waals surface area contributed by atoms with E-state index in [1.165, 1.54) is 32.1 Å². The fourth-order valence-electron chi connectivity index (χ4n) is 5.73. The van der Waals surface area contributed by atoms with Crippen molar-refractivity contribution in [3.8, 4) is 0 Å². The number of rotatable bonds is 4. The molecule has 126 valence electrons. The van der Waals surface area contributed by atoms with Crippen LogP contribution in [0.1, 0.15) is 62.3 Å². The molecule has 1 amide bonds. The zero-order valence-corrected chi connectivity index (χ0v) is 15.5. The average molecular weight is 381 g/mol. The van der Waals surface area contributed by atoms with Gasteiger partial charge in [0.1, 0.15) is 5.76 Å². The molecular formula is C18H25BrN2O2. The minimum atomic E-state index is 0.150. The predicted octanol–water partition coefficient (Wildman–Crippen LogP) is 4.03. The monoisotopic (exact) mass is 380 g/mol. The first-order valence-electron chi connectivity index (χ1n) is 8.73. The Balaban J connectivity index is 1.39. The molecule has 5 heteroatoms. The van der Waals surface area contributed by atoms with Crippen LogP contribution in [0.5, 0.6) is 0 Å². The quantitative estimate of drug-likeness (QED) is 0.802. The van der Waals surface area contributed by atoms with E-state index >= 15 is 0 Å². The van der Waals surface area contributed by atoms with E-state index in [-0.39, 0.29) is 11.3 Å². The molecule has 1 aromatic heterocycles. The standard InChI is InChI=1S/C18H25BrN2O2/c1-11-12(2)23-16(21-11)9-20-15(22)8-17-4-13-3-14(5-17)7-18(19,6-13)10-17/h13-14H,3-10H2,1-2H3,(H,20,22)/t13-,14-,17?,18?/m1/s1. The van der Waals surface area contributed by atoms with Crippen LogP contribution in [-0.2, 0) is 11.3 Å². The summed E-state index contributed by atoms with van der Waals surface area (Å²) in [4.78, 5) is 16.8. The lowest BCUT2D eigenvalue weighted by Crippen LogP contribution is -2.54. The number of halogens is 1. The van der Waals surface area contributed by atoms with Crippen LogP contribution in [-0.4, -0.2) is 15.2 Å². The van der Waals surface area contributed by atoms with E-state index in [1.54, 1.807) is 0 Å². The van der Waals surface area contributed by atoms with Gasteiger partial charge in [-0.1, -0.05) is 15.9 Å². The second-order valence-electron chi connectivity index (χ2n) is 8.31. The number of nitrogens with one attached hydrogen (secondary N) is 1. The van der Waals surface area contributed by atoms with Gasteiger partial charge in [0.25, 0.3) is 0 Å². The number of nitrogens with zero attached hydrogens (tertiary/aromatic N) is 1. The highest BCUT2D eigenvalue weighted by Crippen LogP contribution is 2.65. The summed E-state index contributed by atoms with van der Waals surface area (Å²) in [5, 5.41) is 3.02. The number of hydrogen-bond donors (Lipinski definition) is 1. The molecule has 1 N–H and O–H groups in total. The summed E-state index contributed by atoms with van der Waals surface area (Å²) < 4.78 is 5.85. The molecule has 2 atom stereocenters. The molecule has 23 heavy (non-hydrogen) atoms. The Morgan fingerprint density at radius 3 is 2.57 bits per heavy atom. The third-order valence-corrected chi connectivity index (χ3v) is 7.08. The summed E-state index contributed by atoms with van der Waals surface area (Å²) in [6, 6.07) is 0. The van der Waals surface area contributed by atoms with E-state index in [1.807, 2.05) is 13.8 Å². The van der Waals surface area contributed by atoms with Gasteiger partial charge in [-0.25, -0.2) is 4.98 Å². The smallest absolute Gasteiger partial charge is 0.220 e. The molecule has 1 heterocycles. The van der Waals surface area contributed by atoms with Gasteiger partial charge in [-0.2, -0.15) is 0 Å². The van der Waals surface area contributed by atoms with Gasteiger partial charge >= 0.3 is 0 Å².